The second kappa shape index (κ2) is 6.77. The monoisotopic (exact) mass is 300 g/mol. The van der Waals surface area contributed by atoms with Crippen LogP contribution in [0, 0.1) is 6.92 Å². The maximum Gasteiger partial charge on any atom is 0.305 e. The fourth-order valence-electron chi connectivity index (χ4n) is 1.55. The molecule has 1 N–H and O–H groups in total. The molecule has 4 heteroatoms. The number of benzene rings is 1. The molecule has 0 aliphatic heterocycles. The number of esters is 1. The molecule has 1 rings (SSSR count). The highest BCUT2D eigenvalue weighted by Crippen LogP contribution is 2.27. The number of ether oxygens (including phenoxy) is 1. The number of carbonyl (C=O) groups is 1. The molecule has 1 aromatic carbocycles. The van der Waals surface area contributed by atoms with E-state index in [2.05, 4.69) is 15.9 Å². The number of hydrogen-bond acceptors (Lipinski definition) is 3. The Morgan fingerprint density at radius 1 is 1.53 bits per heavy atom. The summed E-state index contributed by atoms with van der Waals surface area (Å²) in [5, 5.41) is 9.97. The third-order valence-corrected chi connectivity index (χ3v) is 3.13. The van der Waals surface area contributed by atoms with Gasteiger partial charge in [0.25, 0.3) is 0 Å². The van der Waals surface area contributed by atoms with E-state index in [4.69, 9.17) is 4.74 Å². The van der Waals surface area contributed by atoms with Gasteiger partial charge in [0.2, 0.25) is 0 Å². The SMILES string of the molecule is CCOC(=O)CCC(O)c1ccc(C)cc1Br. The molecule has 0 aromatic heterocycles. The van der Waals surface area contributed by atoms with Crippen molar-refractivity contribution < 1.29 is 14.6 Å². The number of rotatable bonds is 5. The van der Waals surface area contributed by atoms with E-state index < -0.39 is 6.10 Å². The molecular weight excluding hydrogens is 284 g/mol. The lowest BCUT2D eigenvalue weighted by molar-refractivity contribution is -0.143. The van der Waals surface area contributed by atoms with Gasteiger partial charge in [-0.05, 0) is 37.5 Å². The van der Waals surface area contributed by atoms with Crippen molar-refractivity contribution in [1.82, 2.24) is 0 Å². The van der Waals surface area contributed by atoms with E-state index >= 15 is 0 Å². The predicted octanol–water partition coefficient (Wildman–Crippen LogP) is 3.13. The molecule has 3 nitrogen and oxygen atoms in total. The van der Waals surface area contributed by atoms with Gasteiger partial charge < -0.3 is 9.84 Å². The lowest BCUT2D eigenvalue weighted by Crippen LogP contribution is -2.07. The van der Waals surface area contributed by atoms with E-state index in [1.807, 2.05) is 25.1 Å². The molecule has 0 bridgehead atoms. The van der Waals surface area contributed by atoms with Crippen LogP contribution in [0.4, 0.5) is 0 Å². The fourth-order valence-corrected chi connectivity index (χ4v) is 2.30. The van der Waals surface area contributed by atoms with Gasteiger partial charge in [-0.2, -0.15) is 0 Å². The average Bonchev–Trinajstić information content (AvgIpc) is 2.26. The Morgan fingerprint density at radius 3 is 2.82 bits per heavy atom. The Labute approximate surface area is 110 Å². The van der Waals surface area contributed by atoms with Crippen LogP contribution in [0.2, 0.25) is 0 Å². The first kappa shape index (κ1) is 14.2. The molecule has 0 saturated carbocycles. The maximum absolute atomic E-state index is 11.2. The summed E-state index contributed by atoms with van der Waals surface area (Å²) in [6.45, 7) is 4.13. The highest BCUT2D eigenvalue weighted by atomic mass is 79.9. The van der Waals surface area contributed by atoms with Gasteiger partial charge in [-0.15, -0.1) is 0 Å². The number of halogens is 1. The van der Waals surface area contributed by atoms with Crippen molar-refractivity contribution in [2.75, 3.05) is 6.61 Å². The van der Waals surface area contributed by atoms with Gasteiger partial charge in [-0.1, -0.05) is 28.1 Å². The van der Waals surface area contributed by atoms with Gasteiger partial charge in [0.05, 0.1) is 12.7 Å². The molecule has 0 spiro atoms. The highest BCUT2D eigenvalue weighted by molar-refractivity contribution is 9.10. The largest absolute Gasteiger partial charge is 0.466 e. The van der Waals surface area contributed by atoms with Gasteiger partial charge in [0, 0.05) is 10.9 Å². The molecule has 0 radical (unpaired) electrons. The minimum Gasteiger partial charge on any atom is -0.466 e. The highest BCUT2D eigenvalue weighted by Gasteiger charge is 2.13. The van der Waals surface area contributed by atoms with E-state index in [1.165, 1.54) is 0 Å². The summed E-state index contributed by atoms with van der Waals surface area (Å²) in [5.41, 5.74) is 1.93. The minimum atomic E-state index is -0.644. The van der Waals surface area contributed by atoms with Crippen molar-refractivity contribution in [3.63, 3.8) is 0 Å². The zero-order chi connectivity index (χ0) is 12.8. The Balaban J connectivity index is 2.57. The fraction of sp³-hybridized carbons (Fsp3) is 0.462. The second-order valence-corrected chi connectivity index (χ2v) is 4.74. The van der Waals surface area contributed by atoms with Crippen molar-refractivity contribution in [1.29, 1.82) is 0 Å². The summed E-state index contributed by atoms with van der Waals surface area (Å²) < 4.78 is 5.69. The number of aryl methyl sites for hydroxylation is 1. The number of aliphatic hydroxyl groups excluding tert-OH is 1. The third-order valence-electron chi connectivity index (χ3n) is 2.44. The molecule has 1 atom stereocenters. The van der Waals surface area contributed by atoms with Crippen molar-refractivity contribution in [3.05, 3.63) is 33.8 Å². The molecule has 1 unspecified atom stereocenters. The summed E-state index contributed by atoms with van der Waals surface area (Å²) in [7, 11) is 0. The molecule has 94 valence electrons. The lowest BCUT2D eigenvalue weighted by atomic mass is 10.0. The zero-order valence-corrected chi connectivity index (χ0v) is 11.7. The van der Waals surface area contributed by atoms with Crippen molar-refractivity contribution >= 4 is 21.9 Å². The van der Waals surface area contributed by atoms with E-state index in [0.717, 1.165) is 15.6 Å². The summed E-state index contributed by atoms with van der Waals surface area (Å²) in [6.07, 6.45) is -0.0371. The molecular formula is C13H17BrO3. The molecule has 0 amide bonds. The molecule has 0 fully saturated rings. The normalized spacial score (nSPS) is 12.2. The quantitative estimate of drug-likeness (QED) is 0.850. The van der Waals surface area contributed by atoms with Crippen molar-refractivity contribution in [2.45, 2.75) is 32.8 Å². The molecule has 17 heavy (non-hydrogen) atoms. The Bertz CT molecular complexity index is 390. The molecule has 1 aromatic rings. The average molecular weight is 301 g/mol. The van der Waals surface area contributed by atoms with Crippen molar-refractivity contribution in [2.24, 2.45) is 0 Å². The van der Waals surface area contributed by atoms with Crippen LogP contribution in [0.1, 0.15) is 37.0 Å². The standard InChI is InChI=1S/C13H17BrO3/c1-3-17-13(16)7-6-12(15)10-5-4-9(2)8-11(10)14/h4-5,8,12,15H,3,6-7H2,1-2H3. The maximum atomic E-state index is 11.2. The van der Waals surface area contributed by atoms with E-state index in [9.17, 15) is 9.90 Å². The van der Waals surface area contributed by atoms with Gasteiger partial charge >= 0.3 is 5.97 Å². The second-order valence-electron chi connectivity index (χ2n) is 3.88. The van der Waals surface area contributed by atoms with Crippen LogP contribution >= 0.6 is 15.9 Å². The summed E-state index contributed by atoms with van der Waals surface area (Å²) >= 11 is 3.41. The van der Waals surface area contributed by atoms with Crippen LogP contribution in [0.5, 0.6) is 0 Å². The molecule has 0 aliphatic rings. The molecule has 0 saturated heterocycles. The van der Waals surface area contributed by atoms with Crippen LogP contribution in [0.25, 0.3) is 0 Å². The topological polar surface area (TPSA) is 46.5 Å². The van der Waals surface area contributed by atoms with Crippen LogP contribution < -0.4 is 0 Å². The van der Waals surface area contributed by atoms with E-state index in [1.54, 1.807) is 6.92 Å². The van der Waals surface area contributed by atoms with Gasteiger partial charge in [0.15, 0.2) is 0 Å². The first-order valence-corrected chi connectivity index (χ1v) is 6.43. The lowest BCUT2D eigenvalue weighted by Gasteiger charge is -2.12. The molecule has 0 aliphatic carbocycles. The van der Waals surface area contributed by atoms with Crippen molar-refractivity contribution in [3.8, 4) is 0 Å². The summed E-state index contributed by atoms with van der Waals surface area (Å²) in [5.74, 6) is -0.269. The van der Waals surface area contributed by atoms with Gasteiger partial charge in [0.1, 0.15) is 0 Å². The van der Waals surface area contributed by atoms with Gasteiger partial charge in [-0.25, -0.2) is 0 Å². The van der Waals surface area contributed by atoms with E-state index in [-0.39, 0.29) is 12.4 Å². The summed E-state index contributed by atoms with van der Waals surface area (Å²) in [6, 6.07) is 5.76. The Hall–Kier alpha value is -0.870. The number of hydrogen-bond donors (Lipinski definition) is 1. The molecule has 0 heterocycles. The Morgan fingerprint density at radius 2 is 2.24 bits per heavy atom. The van der Waals surface area contributed by atoms with Crippen LogP contribution in [0.15, 0.2) is 22.7 Å². The van der Waals surface area contributed by atoms with E-state index in [0.29, 0.717) is 13.0 Å². The third kappa shape index (κ3) is 4.48. The van der Waals surface area contributed by atoms with Crippen LogP contribution in [-0.2, 0) is 9.53 Å². The first-order chi connectivity index (χ1) is 8.04. The van der Waals surface area contributed by atoms with Crippen LogP contribution in [-0.4, -0.2) is 17.7 Å². The summed E-state index contributed by atoms with van der Waals surface area (Å²) in [4.78, 5) is 11.2. The minimum absolute atomic E-state index is 0.231. The number of carbonyl (C=O) groups excluding carboxylic acids is 1. The smallest absolute Gasteiger partial charge is 0.305 e. The zero-order valence-electron chi connectivity index (χ0n) is 10.1. The Kier molecular flexibility index (Phi) is 5.65. The number of aliphatic hydroxyl groups is 1. The van der Waals surface area contributed by atoms with Gasteiger partial charge in [-0.3, -0.25) is 4.79 Å². The first-order valence-electron chi connectivity index (χ1n) is 5.64. The van der Waals surface area contributed by atoms with Crippen LogP contribution in [0.3, 0.4) is 0 Å². The predicted molar refractivity (Wildman–Crippen MR) is 69.7 cm³/mol.